The summed E-state index contributed by atoms with van der Waals surface area (Å²) in [5.41, 5.74) is 0.520. The van der Waals surface area contributed by atoms with Gasteiger partial charge >= 0.3 is 0 Å². The van der Waals surface area contributed by atoms with Crippen LogP contribution in [-0.4, -0.2) is 5.38 Å². The molecule has 0 saturated heterocycles. The standard InChI is InChI=1S/C11H13ClF2/c1-7(8(2)12)5-9-3-4-10(13)6-11(9)14/h3-4,6-8H,5H2,1-2H3. The van der Waals surface area contributed by atoms with Gasteiger partial charge in [0.15, 0.2) is 0 Å². The minimum atomic E-state index is -0.544. The molecule has 0 heterocycles. The highest BCUT2D eigenvalue weighted by Gasteiger charge is 2.12. The smallest absolute Gasteiger partial charge is 0.129 e. The maximum absolute atomic E-state index is 13.2. The number of rotatable bonds is 3. The Morgan fingerprint density at radius 2 is 1.93 bits per heavy atom. The van der Waals surface area contributed by atoms with E-state index < -0.39 is 11.6 Å². The molecule has 0 aliphatic carbocycles. The van der Waals surface area contributed by atoms with Crippen LogP contribution in [-0.2, 0) is 6.42 Å². The summed E-state index contributed by atoms with van der Waals surface area (Å²) in [7, 11) is 0. The molecule has 14 heavy (non-hydrogen) atoms. The van der Waals surface area contributed by atoms with Crippen molar-refractivity contribution in [1.82, 2.24) is 0 Å². The molecule has 0 N–H and O–H groups in total. The Morgan fingerprint density at radius 1 is 1.29 bits per heavy atom. The fourth-order valence-corrected chi connectivity index (χ4v) is 1.29. The second kappa shape index (κ2) is 4.74. The van der Waals surface area contributed by atoms with Crippen molar-refractivity contribution in [2.75, 3.05) is 0 Å². The Kier molecular flexibility index (Phi) is 3.87. The molecule has 0 bridgehead atoms. The first-order valence-corrected chi connectivity index (χ1v) is 5.02. The Balaban J connectivity index is 2.77. The van der Waals surface area contributed by atoms with Crippen molar-refractivity contribution in [3.05, 3.63) is 35.4 Å². The van der Waals surface area contributed by atoms with Gasteiger partial charge in [-0.2, -0.15) is 0 Å². The molecule has 0 aliphatic heterocycles. The Hall–Kier alpha value is -0.630. The summed E-state index contributed by atoms with van der Waals surface area (Å²) in [6.07, 6.45) is 0.538. The lowest BCUT2D eigenvalue weighted by atomic mass is 9.98. The highest BCUT2D eigenvalue weighted by Crippen LogP contribution is 2.18. The average Bonchev–Trinajstić information content (AvgIpc) is 2.09. The monoisotopic (exact) mass is 218 g/mol. The summed E-state index contributed by atoms with van der Waals surface area (Å²) >= 11 is 5.87. The van der Waals surface area contributed by atoms with Crippen LogP contribution in [0.25, 0.3) is 0 Å². The Morgan fingerprint density at radius 3 is 2.43 bits per heavy atom. The number of hydrogen-bond donors (Lipinski definition) is 0. The summed E-state index contributed by atoms with van der Waals surface area (Å²) in [4.78, 5) is 0. The van der Waals surface area contributed by atoms with Crippen LogP contribution in [0.1, 0.15) is 19.4 Å². The molecule has 0 nitrogen and oxygen atoms in total. The third-order valence-corrected chi connectivity index (χ3v) is 2.77. The average molecular weight is 219 g/mol. The van der Waals surface area contributed by atoms with Crippen LogP contribution in [0.15, 0.2) is 18.2 Å². The zero-order valence-corrected chi connectivity index (χ0v) is 8.98. The van der Waals surface area contributed by atoms with E-state index in [1.807, 2.05) is 13.8 Å². The molecule has 1 rings (SSSR count). The summed E-state index contributed by atoms with van der Waals surface area (Å²) in [6.45, 7) is 3.81. The molecule has 1 aromatic carbocycles. The summed E-state index contributed by atoms with van der Waals surface area (Å²) < 4.78 is 25.8. The van der Waals surface area contributed by atoms with E-state index >= 15 is 0 Å². The quantitative estimate of drug-likeness (QED) is 0.678. The summed E-state index contributed by atoms with van der Waals surface area (Å²) in [6, 6.07) is 3.64. The van der Waals surface area contributed by atoms with Gasteiger partial charge in [0, 0.05) is 11.4 Å². The van der Waals surface area contributed by atoms with Crippen LogP contribution >= 0.6 is 11.6 Å². The molecule has 0 saturated carbocycles. The van der Waals surface area contributed by atoms with E-state index in [1.54, 1.807) is 0 Å². The van der Waals surface area contributed by atoms with Crippen LogP contribution in [0.2, 0.25) is 0 Å². The first-order valence-electron chi connectivity index (χ1n) is 4.58. The molecule has 0 radical (unpaired) electrons. The van der Waals surface area contributed by atoms with Crippen molar-refractivity contribution in [2.45, 2.75) is 25.6 Å². The van der Waals surface area contributed by atoms with Crippen molar-refractivity contribution in [1.29, 1.82) is 0 Å². The van der Waals surface area contributed by atoms with E-state index in [0.29, 0.717) is 12.0 Å². The summed E-state index contributed by atoms with van der Waals surface area (Å²) in [5.74, 6) is -0.858. The topological polar surface area (TPSA) is 0 Å². The molecule has 2 atom stereocenters. The van der Waals surface area contributed by atoms with Gasteiger partial charge in [0.25, 0.3) is 0 Å². The lowest BCUT2D eigenvalue weighted by Gasteiger charge is -2.13. The van der Waals surface area contributed by atoms with E-state index in [4.69, 9.17) is 11.6 Å². The van der Waals surface area contributed by atoms with Crippen molar-refractivity contribution >= 4 is 11.6 Å². The minimum Gasteiger partial charge on any atom is -0.207 e. The van der Waals surface area contributed by atoms with Gasteiger partial charge in [-0.1, -0.05) is 13.0 Å². The third-order valence-electron chi connectivity index (χ3n) is 2.34. The van der Waals surface area contributed by atoms with Crippen LogP contribution < -0.4 is 0 Å². The van der Waals surface area contributed by atoms with Gasteiger partial charge in [-0.3, -0.25) is 0 Å². The van der Waals surface area contributed by atoms with Gasteiger partial charge in [-0.25, -0.2) is 8.78 Å². The number of hydrogen-bond acceptors (Lipinski definition) is 0. The second-order valence-corrected chi connectivity index (χ2v) is 4.28. The molecule has 0 aromatic heterocycles. The van der Waals surface area contributed by atoms with E-state index in [-0.39, 0.29) is 11.3 Å². The van der Waals surface area contributed by atoms with Gasteiger partial charge < -0.3 is 0 Å². The second-order valence-electron chi connectivity index (χ2n) is 3.59. The SMILES string of the molecule is CC(Cl)C(C)Cc1ccc(F)cc1F. The van der Waals surface area contributed by atoms with Crippen molar-refractivity contribution in [3.8, 4) is 0 Å². The Labute approximate surface area is 87.9 Å². The zero-order valence-electron chi connectivity index (χ0n) is 8.23. The van der Waals surface area contributed by atoms with Crippen LogP contribution in [0.4, 0.5) is 8.78 Å². The molecular weight excluding hydrogens is 206 g/mol. The van der Waals surface area contributed by atoms with Gasteiger partial charge in [0.05, 0.1) is 0 Å². The zero-order chi connectivity index (χ0) is 10.7. The third kappa shape index (κ3) is 2.95. The molecular formula is C11H13ClF2. The lowest BCUT2D eigenvalue weighted by Crippen LogP contribution is -2.11. The fraction of sp³-hybridized carbons (Fsp3) is 0.455. The van der Waals surface area contributed by atoms with E-state index in [1.165, 1.54) is 12.1 Å². The van der Waals surface area contributed by atoms with Crippen molar-refractivity contribution in [3.63, 3.8) is 0 Å². The molecule has 0 fully saturated rings. The molecule has 0 aliphatic rings. The molecule has 0 spiro atoms. The predicted octanol–water partition coefficient (Wildman–Crippen LogP) is 3.77. The first kappa shape index (κ1) is 11.4. The minimum absolute atomic E-state index is 0.0144. The van der Waals surface area contributed by atoms with Gasteiger partial charge in [-0.15, -0.1) is 11.6 Å². The first-order chi connectivity index (χ1) is 6.50. The fourth-order valence-electron chi connectivity index (χ4n) is 1.20. The van der Waals surface area contributed by atoms with Gasteiger partial charge in [-0.05, 0) is 30.9 Å². The predicted molar refractivity (Wildman–Crippen MR) is 54.5 cm³/mol. The number of benzene rings is 1. The van der Waals surface area contributed by atoms with E-state index in [2.05, 4.69) is 0 Å². The maximum Gasteiger partial charge on any atom is 0.129 e. The number of alkyl halides is 1. The van der Waals surface area contributed by atoms with Gasteiger partial charge in [0.2, 0.25) is 0 Å². The molecule has 78 valence electrons. The summed E-state index contributed by atoms with van der Waals surface area (Å²) in [5, 5.41) is -0.0144. The van der Waals surface area contributed by atoms with Crippen LogP contribution in [0.3, 0.4) is 0 Å². The molecule has 3 heteroatoms. The highest BCUT2D eigenvalue weighted by atomic mass is 35.5. The Bertz CT molecular complexity index is 310. The number of halogens is 3. The molecule has 2 unspecified atom stereocenters. The van der Waals surface area contributed by atoms with E-state index in [9.17, 15) is 8.78 Å². The molecule has 0 amide bonds. The highest BCUT2D eigenvalue weighted by molar-refractivity contribution is 6.20. The van der Waals surface area contributed by atoms with Crippen molar-refractivity contribution in [2.24, 2.45) is 5.92 Å². The maximum atomic E-state index is 13.2. The normalized spacial score (nSPS) is 15.2. The lowest BCUT2D eigenvalue weighted by molar-refractivity contribution is 0.527. The van der Waals surface area contributed by atoms with E-state index in [0.717, 1.165) is 6.07 Å². The van der Waals surface area contributed by atoms with Crippen LogP contribution in [0, 0.1) is 17.6 Å². The molecule has 1 aromatic rings. The largest absolute Gasteiger partial charge is 0.207 e. The van der Waals surface area contributed by atoms with Crippen molar-refractivity contribution < 1.29 is 8.78 Å². The van der Waals surface area contributed by atoms with Gasteiger partial charge in [0.1, 0.15) is 11.6 Å². The van der Waals surface area contributed by atoms with Crippen LogP contribution in [0.5, 0.6) is 0 Å².